The Hall–Kier alpha value is -0.830. The lowest BCUT2D eigenvalue weighted by molar-refractivity contribution is 1.33. The van der Waals surface area contributed by atoms with E-state index in [4.69, 9.17) is 5.73 Å². The molecule has 1 rings (SSSR count). The number of hydrogen-bond donors (Lipinski definition) is 1. The summed E-state index contributed by atoms with van der Waals surface area (Å²) >= 11 is 1.36. The molecule has 0 aliphatic heterocycles. The van der Waals surface area contributed by atoms with Crippen molar-refractivity contribution in [2.24, 2.45) is 0 Å². The van der Waals surface area contributed by atoms with Crippen LogP contribution in [0.25, 0.3) is 13.2 Å². The lowest BCUT2D eigenvalue weighted by Crippen LogP contribution is -2.16. The van der Waals surface area contributed by atoms with Crippen LogP contribution in [0.15, 0.2) is 0 Å². The molecule has 0 amide bonds. The molecule has 2 nitrogen and oxygen atoms in total. The Morgan fingerprint density at radius 2 is 2.12 bits per heavy atom. The third-order valence-corrected chi connectivity index (χ3v) is 1.58. The van der Waals surface area contributed by atoms with Gasteiger partial charge >= 0.3 is 0 Å². The van der Waals surface area contributed by atoms with E-state index < -0.39 is 0 Å². The third-order valence-electron chi connectivity index (χ3n) is 0.795. The smallest absolute Gasteiger partial charge is 0.181 e. The highest BCUT2D eigenvalue weighted by Crippen LogP contribution is 1.91. The molecule has 0 aliphatic rings. The van der Waals surface area contributed by atoms with Crippen LogP contribution in [0.3, 0.4) is 0 Å². The standard InChI is InChI=1S/C5H6N2S/c1-3-4(2)8-5(6)7-3/h1-2H2,(H2,6,7). The summed E-state index contributed by atoms with van der Waals surface area (Å²) in [7, 11) is 0. The van der Waals surface area contributed by atoms with E-state index >= 15 is 0 Å². The first kappa shape index (κ1) is 5.31. The minimum atomic E-state index is 0.542. The van der Waals surface area contributed by atoms with Crippen LogP contribution in [0, 0.1) is 0 Å². The zero-order valence-corrected chi connectivity index (χ0v) is 5.16. The summed E-state index contributed by atoms with van der Waals surface area (Å²) in [4.78, 5) is 3.83. The van der Waals surface area contributed by atoms with Crippen molar-refractivity contribution >= 4 is 29.6 Å². The van der Waals surface area contributed by atoms with Gasteiger partial charge in [-0.25, -0.2) is 4.98 Å². The van der Waals surface area contributed by atoms with Crippen molar-refractivity contribution in [1.29, 1.82) is 0 Å². The van der Waals surface area contributed by atoms with E-state index in [1.54, 1.807) is 0 Å². The summed E-state index contributed by atoms with van der Waals surface area (Å²) < 4.78 is 0.850. The van der Waals surface area contributed by atoms with Gasteiger partial charge in [-0.1, -0.05) is 24.5 Å². The Bertz CT molecular complexity index is 248. The highest BCUT2D eigenvalue weighted by atomic mass is 32.1. The predicted octanol–water partition coefficient (Wildman–Crippen LogP) is -0.454. The first-order valence-electron chi connectivity index (χ1n) is 2.10. The summed E-state index contributed by atoms with van der Waals surface area (Å²) in [6, 6.07) is 0. The minimum absolute atomic E-state index is 0.542. The van der Waals surface area contributed by atoms with Crippen LogP contribution in [0.5, 0.6) is 0 Å². The summed E-state index contributed by atoms with van der Waals surface area (Å²) in [6.07, 6.45) is 0. The molecular weight excluding hydrogens is 120 g/mol. The van der Waals surface area contributed by atoms with Gasteiger partial charge in [0.15, 0.2) is 5.13 Å². The van der Waals surface area contributed by atoms with Gasteiger partial charge in [-0.05, 0) is 0 Å². The lowest BCUT2D eigenvalue weighted by Gasteiger charge is -1.68. The number of nitrogens with two attached hydrogens (primary N) is 1. The molecule has 1 aromatic rings. The SMILES string of the molecule is C=c1nc(N)sc1=C. The summed E-state index contributed by atoms with van der Waals surface area (Å²) in [5, 5.41) is 1.23. The number of thiazole rings is 1. The molecule has 3 heteroatoms. The quantitative estimate of drug-likeness (QED) is 0.511. The largest absolute Gasteiger partial charge is 0.375 e. The molecule has 0 saturated carbocycles. The Morgan fingerprint density at radius 3 is 2.25 bits per heavy atom. The van der Waals surface area contributed by atoms with E-state index in [9.17, 15) is 0 Å². The summed E-state index contributed by atoms with van der Waals surface area (Å²) in [5.41, 5.74) is 5.31. The fourth-order valence-corrected chi connectivity index (χ4v) is 0.975. The van der Waals surface area contributed by atoms with Crippen molar-refractivity contribution in [2.45, 2.75) is 0 Å². The van der Waals surface area contributed by atoms with Gasteiger partial charge in [0.2, 0.25) is 0 Å². The van der Waals surface area contributed by atoms with Crippen LogP contribution in [0.1, 0.15) is 0 Å². The first-order valence-corrected chi connectivity index (χ1v) is 2.92. The van der Waals surface area contributed by atoms with Crippen LogP contribution in [0.2, 0.25) is 0 Å². The van der Waals surface area contributed by atoms with Gasteiger partial charge in [-0.15, -0.1) is 0 Å². The second-order valence-electron chi connectivity index (χ2n) is 1.42. The van der Waals surface area contributed by atoms with Crippen molar-refractivity contribution in [3.63, 3.8) is 0 Å². The maximum Gasteiger partial charge on any atom is 0.181 e. The van der Waals surface area contributed by atoms with Gasteiger partial charge < -0.3 is 5.73 Å². The Labute approximate surface area is 51.0 Å². The number of anilines is 1. The van der Waals surface area contributed by atoms with Gasteiger partial charge in [0, 0.05) is 4.53 Å². The number of nitrogen functional groups attached to an aromatic ring is 1. The summed E-state index contributed by atoms with van der Waals surface area (Å²) in [5.74, 6) is 0. The highest BCUT2D eigenvalue weighted by Gasteiger charge is 1.86. The first-order chi connectivity index (χ1) is 3.70. The molecule has 0 bridgehead atoms. The van der Waals surface area contributed by atoms with Crippen molar-refractivity contribution in [3.8, 4) is 0 Å². The summed E-state index contributed by atoms with van der Waals surface area (Å²) in [6.45, 7) is 7.25. The van der Waals surface area contributed by atoms with E-state index in [-0.39, 0.29) is 0 Å². The monoisotopic (exact) mass is 126 g/mol. The number of hydrogen-bond acceptors (Lipinski definition) is 3. The van der Waals surface area contributed by atoms with Gasteiger partial charge in [0.05, 0.1) is 5.35 Å². The molecule has 2 N–H and O–H groups in total. The van der Waals surface area contributed by atoms with E-state index in [0.29, 0.717) is 10.5 Å². The Balaban J connectivity index is 3.59. The molecular formula is C5H6N2S. The van der Waals surface area contributed by atoms with Gasteiger partial charge in [0.1, 0.15) is 0 Å². The van der Waals surface area contributed by atoms with Crippen LogP contribution in [-0.2, 0) is 0 Å². The Morgan fingerprint density at radius 1 is 1.50 bits per heavy atom. The van der Waals surface area contributed by atoms with Gasteiger partial charge in [-0.3, -0.25) is 0 Å². The topological polar surface area (TPSA) is 38.9 Å². The highest BCUT2D eigenvalue weighted by molar-refractivity contribution is 7.13. The maximum atomic E-state index is 5.31. The van der Waals surface area contributed by atoms with Crippen molar-refractivity contribution in [3.05, 3.63) is 9.88 Å². The molecule has 0 saturated heterocycles. The maximum absolute atomic E-state index is 5.31. The second-order valence-corrected chi connectivity index (χ2v) is 2.54. The van der Waals surface area contributed by atoms with Gasteiger partial charge in [0.25, 0.3) is 0 Å². The van der Waals surface area contributed by atoms with Crippen LogP contribution in [0.4, 0.5) is 5.13 Å². The molecule has 1 aromatic heterocycles. The number of rotatable bonds is 0. The zero-order chi connectivity index (χ0) is 6.15. The zero-order valence-electron chi connectivity index (χ0n) is 4.35. The third kappa shape index (κ3) is 0.721. The van der Waals surface area contributed by atoms with E-state index in [1.165, 1.54) is 11.3 Å². The van der Waals surface area contributed by atoms with Crippen LogP contribution in [-0.4, -0.2) is 4.98 Å². The Kier molecular flexibility index (Phi) is 1.06. The van der Waals surface area contributed by atoms with Crippen molar-refractivity contribution < 1.29 is 0 Å². The van der Waals surface area contributed by atoms with E-state index in [1.807, 2.05) is 0 Å². The molecule has 0 fully saturated rings. The number of aromatic nitrogens is 1. The predicted molar refractivity (Wildman–Crippen MR) is 36.8 cm³/mol. The number of nitrogens with zero attached hydrogens (tertiary/aromatic N) is 1. The second kappa shape index (κ2) is 1.59. The molecule has 1 heterocycles. The molecule has 0 aliphatic carbocycles. The van der Waals surface area contributed by atoms with Crippen molar-refractivity contribution in [2.75, 3.05) is 5.73 Å². The average molecular weight is 126 g/mol. The van der Waals surface area contributed by atoms with Gasteiger partial charge in [-0.2, -0.15) is 0 Å². The van der Waals surface area contributed by atoms with E-state index in [2.05, 4.69) is 18.1 Å². The fraction of sp³-hybridized carbons (Fsp3) is 0. The normalized spacial score (nSPS) is 9.50. The molecule has 0 spiro atoms. The molecule has 0 unspecified atom stereocenters. The molecule has 0 atom stereocenters. The molecule has 0 aromatic carbocycles. The molecule has 42 valence electrons. The average Bonchev–Trinajstić information content (AvgIpc) is 1.85. The fourth-order valence-electron chi connectivity index (χ4n) is 0.403. The van der Waals surface area contributed by atoms with E-state index in [0.717, 1.165) is 4.53 Å². The minimum Gasteiger partial charge on any atom is -0.375 e. The van der Waals surface area contributed by atoms with Crippen molar-refractivity contribution in [1.82, 2.24) is 4.98 Å². The van der Waals surface area contributed by atoms with Crippen LogP contribution >= 0.6 is 11.3 Å². The molecule has 8 heavy (non-hydrogen) atoms. The van der Waals surface area contributed by atoms with Crippen LogP contribution < -0.4 is 15.6 Å². The lowest BCUT2D eigenvalue weighted by atomic mass is 10.7. The molecule has 0 radical (unpaired) electrons.